The first-order chi connectivity index (χ1) is 9.78. The lowest BCUT2D eigenvalue weighted by Crippen LogP contribution is -2.47. The van der Waals surface area contributed by atoms with Crippen molar-refractivity contribution in [3.8, 4) is 0 Å². The molecule has 0 aromatic heterocycles. The van der Waals surface area contributed by atoms with Crippen LogP contribution in [0.15, 0.2) is 24.3 Å². The number of carbonyl (C=O) groups excluding carboxylic acids is 1. The van der Waals surface area contributed by atoms with Crippen LogP contribution in [0.2, 0.25) is 0 Å². The van der Waals surface area contributed by atoms with Crippen molar-refractivity contribution >= 4 is 5.97 Å². The maximum atomic E-state index is 12.1. The van der Waals surface area contributed by atoms with Crippen molar-refractivity contribution in [2.45, 2.75) is 69.5 Å². The van der Waals surface area contributed by atoms with Crippen molar-refractivity contribution in [1.29, 1.82) is 0 Å². The number of benzene rings is 1. The van der Waals surface area contributed by atoms with E-state index in [1.54, 1.807) is 0 Å². The molecule has 4 rings (SSSR count). The van der Waals surface area contributed by atoms with Crippen LogP contribution in [-0.4, -0.2) is 22.3 Å². The molecule has 0 spiro atoms. The number of hydrogen-bond donors (Lipinski definition) is 1. The number of aliphatic hydroxyl groups is 1. The molecule has 1 saturated carbocycles. The molecule has 3 atom stereocenters. The Bertz CT molecular complexity index is 558. The van der Waals surface area contributed by atoms with E-state index in [0.29, 0.717) is 12.3 Å². The molecule has 0 heterocycles. The van der Waals surface area contributed by atoms with Crippen LogP contribution in [0.4, 0.5) is 0 Å². The van der Waals surface area contributed by atoms with Gasteiger partial charge in [0.2, 0.25) is 0 Å². The molecule has 2 bridgehead atoms. The molecule has 0 unspecified atom stereocenters. The summed E-state index contributed by atoms with van der Waals surface area (Å²) in [5.41, 5.74) is 1.15. The first-order valence-corrected chi connectivity index (χ1v) is 7.81. The maximum absolute atomic E-state index is 12.1. The first kappa shape index (κ1) is 14.6. The molecular formula is C18H24O3. The van der Waals surface area contributed by atoms with E-state index in [0.717, 1.165) is 12.8 Å². The Labute approximate surface area is 126 Å². The molecule has 1 fully saturated rings. The van der Waals surface area contributed by atoms with Gasteiger partial charge in [-0.1, -0.05) is 24.3 Å². The van der Waals surface area contributed by atoms with Crippen molar-refractivity contribution < 1.29 is 14.6 Å². The smallest absolute Gasteiger partial charge is 0.309 e. The summed E-state index contributed by atoms with van der Waals surface area (Å²) in [6.07, 6.45) is 2.84. The van der Waals surface area contributed by atoms with Gasteiger partial charge in [0.15, 0.2) is 0 Å². The Morgan fingerprint density at radius 3 is 2.62 bits per heavy atom. The van der Waals surface area contributed by atoms with Gasteiger partial charge in [0.25, 0.3) is 0 Å². The maximum Gasteiger partial charge on any atom is 0.309 e. The first-order valence-electron chi connectivity index (χ1n) is 7.81. The highest BCUT2D eigenvalue weighted by Gasteiger charge is 2.50. The molecule has 3 aliphatic carbocycles. The number of hydrogen-bond acceptors (Lipinski definition) is 3. The second-order valence-electron chi connectivity index (χ2n) is 7.53. The fraction of sp³-hybridized carbons (Fsp3) is 0.611. The zero-order chi connectivity index (χ0) is 15.3. The Morgan fingerprint density at radius 2 is 1.95 bits per heavy atom. The van der Waals surface area contributed by atoms with E-state index in [2.05, 4.69) is 18.2 Å². The summed E-state index contributed by atoms with van der Waals surface area (Å²) in [5, 5.41) is 11.1. The second-order valence-corrected chi connectivity index (χ2v) is 7.53. The molecule has 0 radical (unpaired) electrons. The van der Waals surface area contributed by atoms with Crippen LogP contribution in [0.5, 0.6) is 0 Å². The third kappa shape index (κ3) is 2.71. The number of fused-ring (bicyclic) bond motifs is 2. The van der Waals surface area contributed by atoms with Crippen LogP contribution in [0.3, 0.4) is 0 Å². The number of ether oxygens (including phenoxy) is 1. The lowest BCUT2D eigenvalue weighted by atomic mass is 9.58. The summed E-state index contributed by atoms with van der Waals surface area (Å²) >= 11 is 0. The zero-order valence-electron chi connectivity index (χ0n) is 13.1. The van der Waals surface area contributed by atoms with Crippen LogP contribution >= 0.6 is 0 Å². The quantitative estimate of drug-likeness (QED) is 0.847. The third-order valence-corrected chi connectivity index (χ3v) is 4.73. The van der Waals surface area contributed by atoms with Crippen molar-refractivity contribution in [2.24, 2.45) is 0 Å². The highest BCUT2D eigenvalue weighted by Crippen LogP contribution is 2.55. The monoisotopic (exact) mass is 288 g/mol. The summed E-state index contributed by atoms with van der Waals surface area (Å²) in [7, 11) is 0. The summed E-state index contributed by atoms with van der Waals surface area (Å²) in [4.78, 5) is 12.1. The average Bonchev–Trinajstić information content (AvgIpc) is 2.36. The van der Waals surface area contributed by atoms with Gasteiger partial charge in [-0.3, -0.25) is 4.79 Å². The largest absolute Gasteiger partial charge is 0.460 e. The number of esters is 1. The van der Waals surface area contributed by atoms with Crippen LogP contribution in [0, 0.1) is 0 Å². The van der Waals surface area contributed by atoms with Crippen molar-refractivity contribution in [1.82, 2.24) is 0 Å². The zero-order valence-corrected chi connectivity index (χ0v) is 13.1. The Morgan fingerprint density at radius 1 is 1.29 bits per heavy atom. The van der Waals surface area contributed by atoms with Gasteiger partial charge >= 0.3 is 5.97 Å². The molecule has 1 aromatic rings. The molecule has 0 saturated heterocycles. The van der Waals surface area contributed by atoms with Crippen molar-refractivity contribution in [3.63, 3.8) is 0 Å². The van der Waals surface area contributed by atoms with E-state index in [1.165, 1.54) is 11.1 Å². The van der Waals surface area contributed by atoms with E-state index in [-0.39, 0.29) is 18.3 Å². The SMILES string of the molecule is CC(C)(C)OC(=O)C[C@]1(O)C[C@H]2CC[C@@H]1c1ccccc12. The summed E-state index contributed by atoms with van der Waals surface area (Å²) < 4.78 is 5.40. The highest BCUT2D eigenvalue weighted by atomic mass is 16.6. The summed E-state index contributed by atoms with van der Waals surface area (Å²) in [6.45, 7) is 5.58. The minimum Gasteiger partial charge on any atom is -0.460 e. The minimum absolute atomic E-state index is 0.0613. The van der Waals surface area contributed by atoms with E-state index in [4.69, 9.17) is 4.74 Å². The summed E-state index contributed by atoms with van der Waals surface area (Å²) in [6, 6.07) is 8.35. The molecule has 114 valence electrons. The molecular weight excluding hydrogens is 264 g/mol. The average molecular weight is 288 g/mol. The fourth-order valence-electron chi connectivity index (χ4n) is 4.04. The lowest BCUT2D eigenvalue weighted by molar-refractivity contribution is -0.163. The number of rotatable bonds is 2. The molecule has 21 heavy (non-hydrogen) atoms. The van der Waals surface area contributed by atoms with Gasteiger partial charge in [0.1, 0.15) is 5.60 Å². The highest BCUT2D eigenvalue weighted by molar-refractivity contribution is 5.71. The van der Waals surface area contributed by atoms with Gasteiger partial charge in [-0.2, -0.15) is 0 Å². The van der Waals surface area contributed by atoms with E-state index >= 15 is 0 Å². The van der Waals surface area contributed by atoms with Crippen molar-refractivity contribution in [2.75, 3.05) is 0 Å². The molecule has 0 amide bonds. The Balaban J connectivity index is 1.83. The second kappa shape index (κ2) is 4.84. The van der Waals surface area contributed by atoms with Crippen molar-refractivity contribution in [3.05, 3.63) is 35.4 Å². The van der Waals surface area contributed by atoms with Crippen LogP contribution in [0.25, 0.3) is 0 Å². The fourth-order valence-corrected chi connectivity index (χ4v) is 4.04. The Kier molecular flexibility index (Phi) is 3.36. The molecule has 1 aromatic carbocycles. The summed E-state index contributed by atoms with van der Waals surface area (Å²) in [5.74, 6) is 0.139. The van der Waals surface area contributed by atoms with Crippen LogP contribution in [-0.2, 0) is 9.53 Å². The van der Waals surface area contributed by atoms with Crippen LogP contribution in [0.1, 0.15) is 69.4 Å². The minimum atomic E-state index is -0.945. The van der Waals surface area contributed by atoms with Crippen LogP contribution < -0.4 is 0 Å². The van der Waals surface area contributed by atoms with Gasteiger partial charge in [-0.15, -0.1) is 0 Å². The van der Waals surface area contributed by atoms with E-state index in [9.17, 15) is 9.90 Å². The predicted octanol–water partition coefficient (Wildman–Crippen LogP) is 3.51. The molecule has 3 nitrogen and oxygen atoms in total. The van der Waals surface area contributed by atoms with Gasteiger partial charge in [0, 0.05) is 5.92 Å². The molecule has 0 aliphatic heterocycles. The van der Waals surface area contributed by atoms with Gasteiger partial charge in [0.05, 0.1) is 12.0 Å². The molecule has 3 aliphatic rings. The van der Waals surface area contributed by atoms with Gasteiger partial charge < -0.3 is 9.84 Å². The number of carbonyl (C=O) groups is 1. The van der Waals surface area contributed by atoms with E-state index in [1.807, 2.05) is 26.8 Å². The molecule has 3 heteroatoms. The van der Waals surface area contributed by atoms with E-state index < -0.39 is 11.2 Å². The van der Waals surface area contributed by atoms with Gasteiger partial charge in [-0.05, 0) is 57.1 Å². The Hall–Kier alpha value is -1.35. The predicted molar refractivity (Wildman–Crippen MR) is 81.2 cm³/mol. The normalized spacial score (nSPS) is 30.9. The topological polar surface area (TPSA) is 46.5 Å². The standard InChI is InChI=1S/C18H24O3/c1-17(2,3)21-16(19)11-18(20)10-12-8-9-15(18)14-7-5-4-6-13(12)14/h4-7,12,15,20H,8-11H2,1-3H3/t12-,15-,18-/m1/s1. The van der Waals surface area contributed by atoms with Gasteiger partial charge in [-0.25, -0.2) is 0 Å². The molecule has 1 N–H and O–H groups in total. The third-order valence-electron chi connectivity index (χ3n) is 4.73. The lowest BCUT2D eigenvalue weighted by Gasteiger charge is -2.49.